The molecule has 21 heavy (non-hydrogen) atoms. The van der Waals surface area contributed by atoms with E-state index in [2.05, 4.69) is 32.4 Å². The Morgan fingerprint density at radius 2 is 1.86 bits per heavy atom. The molecule has 1 saturated heterocycles. The number of hydrogen-bond donors (Lipinski definition) is 2. The van der Waals surface area contributed by atoms with Gasteiger partial charge in [0, 0.05) is 25.7 Å². The van der Waals surface area contributed by atoms with E-state index in [-0.39, 0.29) is 17.7 Å². The molecule has 1 aromatic rings. The third kappa shape index (κ3) is 4.20. The highest BCUT2D eigenvalue weighted by molar-refractivity contribution is 5.47. The zero-order valence-electron chi connectivity index (χ0n) is 12.2. The van der Waals surface area contributed by atoms with Crippen LogP contribution in [0.25, 0.3) is 0 Å². The van der Waals surface area contributed by atoms with Crippen molar-refractivity contribution in [3.8, 4) is 0 Å². The largest absolute Gasteiger partial charge is 0.451 e. The standard InChI is InChI=1S/C13H20F3N5/c1-9(21-5-3-4-6-21)8-18-11-7-10(17-2)19-12(20-11)13(14,15)16/h7,9H,3-6,8H2,1-2H3,(H2,17,18,19,20). The van der Waals surface area contributed by atoms with Crippen LogP contribution in [0.1, 0.15) is 25.6 Å². The number of likely N-dealkylation sites (tertiary alicyclic amines) is 1. The minimum atomic E-state index is -4.55. The molecule has 1 aliphatic heterocycles. The molecule has 0 amide bonds. The zero-order valence-corrected chi connectivity index (χ0v) is 12.2. The molecule has 2 N–H and O–H groups in total. The summed E-state index contributed by atoms with van der Waals surface area (Å²) in [5.41, 5.74) is 0. The minimum absolute atomic E-state index is 0.147. The number of aromatic nitrogens is 2. The molecule has 1 aromatic heterocycles. The maximum absolute atomic E-state index is 12.7. The molecule has 1 fully saturated rings. The van der Waals surface area contributed by atoms with Crippen molar-refractivity contribution in [2.45, 2.75) is 32.0 Å². The number of halogens is 3. The van der Waals surface area contributed by atoms with Gasteiger partial charge in [0.15, 0.2) is 0 Å². The van der Waals surface area contributed by atoms with E-state index in [0.717, 1.165) is 13.1 Å². The average Bonchev–Trinajstić information content (AvgIpc) is 2.97. The highest BCUT2D eigenvalue weighted by atomic mass is 19.4. The molecule has 0 aliphatic carbocycles. The van der Waals surface area contributed by atoms with Gasteiger partial charge in [0.1, 0.15) is 11.6 Å². The molecule has 1 atom stereocenters. The fourth-order valence-corrected chi connectivity index (χ4v) is 2.36. The van der Waals surface area contributed by atoms with E-state index >= 15 is 0 Å². The van der Waals surface area contributed by atoms with Gasteiger partial charge in [-0.1, -0.05) is 0 Å². The van der Waals surface area contributed by atoms with Crippen LogP contribution >= 0.6 is 0 Å². The Kier molecular flexibility index (Phi) is 4.87. The van der Waals surface area contributed by atoms with Gasteiger partial charge in [0.25, 0.3) is 0 Å². The minimum Gasteiger partial charge on any atom is -0.373 e. The normalized spacial score (nSPS) is 17.8. The summed E-state index contributed by atoms with van der Waals surface area (Å²) in [5.74, 6) is -0.799. The van der Waals surface area contributed by atoms with E-state index in [9.17, 15) is 13.2 Å². The maximum atomic E-state index is 12.7. The Morgan fingerprint density at radius 3 is 2.43 bits per heavy atom. The summed E-state index contributed by atoms with van der Waals surface area (Å²) in [7, 11) is 1.53. The Balaban J connectivity index is 2.04. The first-order valence-electron chi connectivity index (χ1n) is 7.02. The summed E-state index contributed by atoms with van der Waals surface area (Å²) in [4.78, 5) is 9.29. The lowest BCUT2D eigenvalue weighted by molar-refractivity contribution is -0.144. The van der Waals surface area contributed by atoms with Crippen molar-refractivity contribution in [1.29, 1.82) is 0 Å². The van der Waals surface area contributed by atoms with Gasteiger partial charge in [-0.15, -0.1) is 0 Å². The van der Waals surface area contributed by atoms with Gasteiger partial charge >= 0.3 is 6.18 Å². The highest BCUT2D eigenvalue weighted by Gasteiger charge is 2.35. The molecular formula is C13H20F3N5. The summed E-state index contributed by atoms with van der Waals surface area (Å²) in [6.45, 7) is 4.70. The first-order chi connectivity index (χ1) is 9.90. The number of nitrogens with one attached hydrogen (secondary N) is 2. The summed E-state index contributed by atoms with van der Waals surface area (Å²) in [5, 5.41) is 5.60. The van der Waals surface area contributed by atoms with Gasteiger partial charge in [-0.2, -0.15) is 13.2 Å². The number of hydrogen-bond acceptors (Lipinski definition) is 5. The predicted molar refractivity (Wildman–Crippen MR) is 75.3 cm³/mol. The molecule has 8 heteroatoms. The van der Waals surface area contributed by atoms with Crippen LogP contribution in [0, 0.1) is 0 Å². The number of nitrogens with zero attached hydrogens (tertiary/aromatic N) is 3. The molecule has 0 spiro atoms. The lowest BCUT2D eigenvalue weighted by Crippen LogP contribution is -2.35. The fourth-order valence-electron chi connectivity index (χ4n) is 2.36. The second kappa shape index (κ2) is 6.46. The van der Waals surface area contributed by atoms with E-state index in [1.807, 2.05) is 0 Å². The molecule has 1 aliphatic rings. The number of rotatable bonds is 5. The van der Waals surface area contributed by atoms with Crippen LogP contribution in [-0.2, 0) is 6.18 Å². The fraction of sp³-hybridized carbons (Fsp3) is 0.692. The summed E-state index contributed by atoms with van der Waals surface area (Å²) < 4.78 is 38.2. The Morgan fingerprint density at radius 1 is 1.24 bits per heavy atom. The van der Waals surface area contributed by atoms with Gasteiger partial charge in [0.05, 0.1) is 0 Å². The van der Waals surface area contributed by atoms with Crippen LogP contribution in [0.5, 0.6) is 0 Å². The van der Waals surface area contributed by atoms with Crippen LogP contribution in [-0.4, -0.2) is 47.6 Å². The van der Waals surface area contributed by atoms with E-state index in [4.69, 9.17) is 0 Å². The molecule has 0 aromatic carbocycles. The molecule has 2 rings (SSSR count). The lowest BCUT2D eigenvalue weighted by atomic mass is 10.3. The summed E-state index contributed by atoms with van der Waals surface area (Å²) >= 11 is 0. The second-order valence-corrected chi connectivity index (χ2v) is 5.18. The predicted octanol–water partition coefficient (Wildman–Crippen LogP) is 2.43. The van der Waals surface area contributed by atoms with Crippen molar-refractivity contribution >= 4 is 11.6 Å². The van der Waals surface area contributed by atoms with Crippen molar-refractivity contribution in [3.05, 3.63) is 11.9 Å². The van der Waals surface area contributed by atoms with Crippen LogP contribution < -0.4 is 10.6 Å². The first kappa shape index (κ1) is 15.8. The van der Waals surface area contributed by atoms with Crippen molar-refractivity contribution in [2.75, 3.05) is 37.3 Å². The topological polar surface area (TPSA) is 53.1 Å². The van der Waals surface area contributed by atoms with E-state index in [0.29, 0.717) is 6.54 Å². The molecule has 0 saturated carbocycles. The van der Waals surface area contributed by atoms with Crippen molar-refractivity contribution in [3.63, 3.8) is 0 Å². The second-order valence-electron chi connectivity index (χ2n) is 5.18. The first-order valence-corrected chi connectivity index (χ1v) is 7.02. The van der Waals surface area contributed by atoms with Gasteiger partial charge in [-0.05, 0) is 32.9 Å². The zero-order chi connectivity index (χ0) is 15.5. The highest BCUT2D eigenvalue weighted by Crippen LogP contribution is 2.28. The van der Waals surface area contributed by atoms with Gasteiger partial charge in [-0.3, -0.25) is 4.90 Å². The third-order valence-electron chi connectivity index (χ3n) is 3.58. The monoisotopic (exact) mass is 303 g/mol. The molecule has 0 radical (unpaired) electrons. The number of alkyl halides is 3. The van der Waals surface area contributed by atoms with Gasteiger partial charge in [-0.25, -0.2) is 9.97 Å². The summed E-state index contributed by atoms with van der Waals surface area (Å²) in [6, 6.07) is 1.74. The van der Waals surface area contributed by atoms with Crippen LogP contribution in [0.4, 0.5) is 24.8 Å². The average molecular weight is 303 g/mol. The Hall–Kier alpha value is -1.57. The van der Waals surface area contributed by atoms with E-state index in [1.54, 1.807) is 0 Å². The van der Waals surface area contributed by atoms with Gasteiger partial charge < -0.3 is 10.6 Å². The SMILES string of the molecule is CNc1cc(NCC(C)N2CCCC2)nc(C(F)(F)F)n1. The third-order valence-corrected chi connectivity index (χ3v) is 3.58. The van der Waals surface area contributed by atoms with Crippen LogP contribution in [0.3, 0.4) is 0 Å². The van der Waals surface area contributed by atoms with Crippen molar-refractivity contribution in [2.24, 2.45) is 0 Å². The van der Waals surface area contributed by atoms with E-state index in [1.165, 1.54) is 26.0 Å². The molecular weight excluding hydrogens is 283 g/mol. The quantitative estimate of drug-likeness (QED) is 0.875. The molecule has 5 nitrogen and oxygen atoms in total. The maximum Gasteiger partial charge on any atom is 0.451 e. The van der Waals surface area contributed by atoms with Crippen molar-refractivity contribution in [1.82, 2.24) is 14.9 Å². The number of anilines is 2. The van der Waals surface area contributed by atoms with Crippen LogP contribution in [0.15, 0.2) is 6.07 Å². The van der Waals surface area contributed by atoms with Crippen LogP contribution in [0.2, 0.25) is 0 Å². The lowest BCUT2D eigenvalue weighted by Gasteiger charge is -2.24. The van der Waals surface area contributed by atoms with E-state index < -0.39 is 12.0 Å². The molecule has 2 heterocycles. The molecule has 0 bridgehead atoms. The molecule has 1 unspecified atom stereocenters. The Labute approximate surface area is 122 Å². The Bertz CT molecular complexity index is 471. The smallest absolute Gasteiger partial charge is 0.373 e. The molecule has 118 valence electrons. The summed E-state index contributed by atoms with van der Waals surface area (Å²) in [6.07, 6.45) is -2.19. The van der Waals surface area contributed by atoms with Crippen molar-refractivity contribution < 1.29 is 13.2 Å². The van der Waals surface area contributed by atoms with Gasteiger partial charge in [0.2, 0.25) is 5.82 Å².